The highest BCUT2D eigenvalue weighted by molar-refractivity contribution is 6.21. The molecule has 1 fully saturated rings. The Morgan fingerprint density at radius 2 is 2.00 bits per heavy atom. The Bertz CT molecular complexity index is 760. The summed E-state index contributed by atoms with van der Waals surface area (Å²) in [6.45, 7) is 5.36. The maximum absolute atomic E-state index is 13.0. The zero-order valence-electron chi connectivity index (χ0n) is 15.7. The predicted octanol–water partition coefficient (Wildman–Crippen LogP) is 3.13. The van der Waals surface area contributed by atoms with Crippen LogP contribution in [0, 0.1) is 11.8 Å². The number of Topliss-reactive ketones (excluding diaryl/α,β-unsaturated/α-hetero) is 1. The predicted molar refractivity (Wildman–Crippen MR) is 94.6 cm³/mol. The van der Waals surface area contributed by atoms with Gasteiger partial charge in [-0.15, -0.1) is 0 Å². The maximum Gasteiger partial charge on any atom is 0.374 e. The Balaban J connectivity index is 1.78. The molecule has 1 aromatic heterocycles. The van der Waals surface area contributed by atoms with E-state index >= 15 is 0 Å². The number of hydrogen-bond acceptors (Lipinski definition) is 7. The van der Waals surface area contributed by atoms with Crippen LogP contribution in [0.4, 0.5) is 0 Å². The zero-order valence-corrected chi connectivity index (χ0v) is 15.7. The molecule has 1 aliphatic carbocycles. The Kier molecular flexibility index (Phi) is 5.68. The molecule has 146 valence electrons. The molecule has 0 radical (unpaired) electrons. The van der Waals surface area contributed by atoms with E-state index < -0.39 is 5.97 Å². The van der Waals surface area contributed by atoms with Gasteiger partial charge in [0.1, 0.15) is 18.0 Å². The number of carbonyl (C=O) groups excluding carboxylic acids is 3. The lowest BCUT2D eigenvalue weighted by Crippen LogP contribution is -2.46. The third-order valence-electron chi connectivity index (χ3n) is 5.15. The molecule has 0 spiro atoms. The van der Waals surface area contributed by atoms with Crippen molar-refractivity contribution >= 4 is 23.3 Å². The molecule has 1 aliphatic heterocycles. The van der Waals surface area contributed by atoms with Gasteiger partial charge in [0.25, 0.3) is 0 Å². The van der Waals surface area contributed by atoms with Gasteiger partial charge in [0.05, 0.1) is 24.4 Å². The third kappa shape index (κ3) is 3.91. The van der Waals surface area contributed by atoms with E-state index in [1.54, 1.807) is 13.0 Å². The van der Waals surface area contributed by atoms with Gasteiger partial charge in [0.15, 0.2) is 5.78 Å². The quantitative estimate of drug-likeness (QED) is 0.729. The minimum atomic E-state index is -0.570. The Labute approximate surface area is 157 Å². The fourth-order valence-electron chi connectivity index (χ4n) is 3.82. The molecule has 4 atom stereocenters. The van der Waals surface area contributed by atoms with Crippen LogP contribution in [-0.4, -0.2) is 36.5 Å². The normalized spacial score (nSPS) is 27.2. The Morgan fingerprint density at radius 3 is 2.67 bits per heavy atom. The standard InChI is InChI=1S/C20H24O7/c1-4-12-8-13-18(9-17(12)26-11(3)21)25-10-14(19(13)22)15-6-7-16(27-15)20(23)24-5-2/h6-7,10,12-13,17-18H,4-5,8-9H2,1-3H3. The summed E-state index contributed by atoms with van der Waals surface area (Å²) >= 11 is 0. The highest BCUT2D eigenvalue weighted by atomic mass is 16.6. The fourth-order valence-corrected chi connectivity index (χ4v) is 3.82. The lowest BCUT2D eigenvalue weighted by atomic mass is 9.72. The fraction of sp³-hybridized carbons (Fsp3) is 0.550. The first-order valence-electron chi connectivity index (χ1n) is 9.28. The molecular formula is C20H24O7. The number of fused-ring (bicyclic) bond motifs is 1. The Hall–Kier alpha value is -2.57. The lowest BCUT2D eigenvalue weighted by molar-refractivity contribution is -0.157. The lowest BCUT2D eigenvalue weighted by Gasteiger charge is -2.41. The first-order chi connectivity index (χ1) is 12.9. The van der Waals surface area contributed by atoms with E-state index in [4.69, 9.17) is 18.6 Å². The number of ketones is 1. The summed E-state index contributed by atoms with van der Waals surface area (Å²) in [5, 5.41) is 0. The number of hydrogen-bond donors (Lipinski definition) is 0. The van der Waals surface area contributed by atoms with Crippen molar-refractivity contribution in [2.75, 3.05) is 6.61 Å². The molecule has 1 saturated carbocycles. The highest BCUT2D eigenvalue weighted by Gasteiger charge is 2.45. The molecule has 0 saturated heterocycles. The Morgan fingerprint density at radius 1 is 1.22 bits per heavy atom. The van der Waals surface area contributed by atoms with E-state index in [0.717, 1.165) is 6.42 Å². The van der Waals surface area contributed by atoms with Gasteiger partial charge in [-0.3, -0.25) is 9.59 Å². The van der Waals surface area contributed by atoms with Crippen molar-refractivity contribution in [2.24, 2.45) is 11.8 Å². The number of rotatable bonds is 5. The largest absolute Gasteiger partial charge is 0.496 e. The van der Waals surface area contributed by atoms with Crippen LogP contribution in [0.1, 0.15) is 56.3 Å². The second-order valence-corrected chi connectivity index (χ2v) is 6.85. The number of carbonyl (C=O) groups is 3. The number of allylic oxidation sites excluding steroid dienone is 1. The summed E-state index contributed by atoms with van der Waals surface area (Å²) in [7, 11) is 0. The topological polar surface area (TPSA) is 92.0 Å². The van der Waals surface area contributed by atoms with Crippen molar-refractivity contribution in [1.82, 2.24) is 0 Å². The average Bonchev–Trinajstić information content (AvgIpc) is 3.11. The van der Waals surface area contributed by atoms with Crippen molar-refractivity contribution in [1.29, 1.82) is 0 Å². The number of furan rings is 1. The monoisotopic (exact) mass is 376 g/mol. The van der Waals surface area contributed by atoms with Gasteiger partial charge >= 0.3 is 11.9 Å². The molecule has 0 N–H and O–H groups in total. The van der Waals surface area contributed by atoms with Crippen LogP contribution in [0.3, 0.4) is 0 Å². The highest BCUT2D eigenvalue weighted by Crippen LogP contribution is 2.41. The van der Waals surface area contributed by atoms with E-state index in [1.165, 1.54) is 19.3 Å². The molecule has 3 rings (SSSR count). The van der Waals surface area contributed by atoms with Crippen molar-refractivity contribution in [3.8, 4) is 0 Å². The van der Waals surface area contributed by atoms with Crippen molar-refractivity contribution in [3.05, 3.63) is 29.9 Å². The van der Waals surface area contributed by atoms with Crippen LogP contribution in [0.5, 0.6) is 0 Å². The van der Waals surface area contributed by atoms with E-state index in [0.29, 0.717) is 18.4 Å². The average molecular weight is 376 g/mol. The van der Waals surface area contributed by atoms with Gasteiger partial charge in [0.2, 0.25) is 5.76 Å². The zero-order chi connectivity index (χ0) is 19.6. The van der Waals surface area contributed by atoms with Crippen molar-refractivity contribution < 1.29 is 33.0 Å². The molecule has 1 aromatic rings. The van der Waals surface area contributed by atoms with E-state index in [2.05, 4.69) is 0 Å². The molecule has 2 aliphatic rings. The van der Waals surface area contributed by atoms with E-state index in [1.807, 2.05) is 6.92 Å². The second-order valence-electron chi connectivity index (χ2n) is 6.85. The number of ether oxygens (including phenoxy) is 3. The molecule has 0 bridgehead atoms. The van der Waals surface area contributed by atoms with Gasteiger partial charge in [-0.2, -0.15) is 0 Å². The summed E-state index contributed by atoms with van der Waals surface area (Å²) in [6.07, 6.45) is 2.70. The van der Waals surface area contributed by atoms with E-state index in [-0.39, 0.29) is 53.9 Å². The minimum Gasteiger partial charge on any atom is -0.496 e. The van der Waals surface area contributed by atoms with Gasteiger partial charge in [-0.05, 0) is 37.8 Å². The van der Waals surface area contributed by atoms with Crippen LogP contribution >= 0.6 is 0 Å². The summed E-state index contributed by atoms with van der Waals surface area (Å²) in [6, 6.07) is 3.06. The molecule has 4 unspecified atom stereocenters. The van der Waals surface area contributed by atoms with Crippen LogP contribution in [0.2, 0.25) is 0 Å². The molecule has 7 heteroatoms. The summed E-state index contributed by atoms with van der Waals surface area (Å²) < 4.78 is 21.6. The molecule has 7 nitrogen and oxygen atoms in total. The SMILES string of the molecule is CCOC(=O)c1ccc(C2=COC3CC(OC(C)=O)C(CC)CC3C2=O)o1. The van der Waals surface area contributed by atoms with Crippen LogP contribution in [0.25, 0.3) is 5.57 Å². The molecule has 0 amide bonds. The maximum atomic E-state index is 13.0. The van der Waals surface area contributed by atoms with Crippen LogP contribution in [-0.2, 0) is 23.8 Å². The molecule has 0 aromatic carbocycles. The van der Waals surface area contributed by atoms with E-state index in [9.17, 15) is 14.4 Å². The van der Waals surface area contributed by atoms with Gasteiger partial charge < -0.3 is 18.6 Å². The van der Waals surface area contributed by atoms with Crippen LogP contribution in [0.15, 0.2) is 22.8 Å². The molecule has 2 heterocycles. The first-order valence-corrected chi connectivity index (χ1v) is 9.28. The molecule has 27 heavy (non-hydrogen) atoms. The second kappa shape index (κ2) is 7.98. The third-order valence-corrected chi connectivity index (χ3v) is 5.15. The summed E-state index contributed by atoms with van der Waals surface area (Å²) in [5.41, 5.74) is 0.313. The van der Waals surface area contributed by atoms with Gasteiger partial charge in [-0.25, -0.2) is 4.79 Å². The molecular weight excluding hydrogens is 352 g/mol. The summed E-state index contributed by atoms with van der Waals surface area (Å²) in [5.74, 6) is -0.844. The van der Waals surface area contributed by atoms with Gasteiger partial charge in [-0.1, -0.05) is 6.92 Å². The van der Waals surface area contributed by atoms with Gasteiger partial charge in [0, 0.05) is 13.3 Å². The minimum absolute atomic E-state index is 0.0488. The first kappa shape index (κ1) is 19.2. The van der Waals surface area contributed by atoms with Crippen molar-refractivity contribution in [2.45, 2.75) is 52.2 Å². The number of esters is 2. The summed E-state index contributed by atoms with van der Waals surface area (Å²) in [4.78, 5) is 36.1. The smallest absolute Gasteiger partial charge is 0.374 e. The van der Waals surface area contributed by atoms with Crippen molar-refractivity contribution in [3.63, 3.8) is 0 Å². The van der Waals surface area contributed by atoms with Crippen LogP contribution < -0.4 is 0 Å².